The Labute approximate surface area is 196 Å². The minimum absolute atomic E-state index is 0.0228. The lowest BCUT2D eigenvalue weighted by Crippen LogP contribution is -2.44. The summed E-state index contributed by atoms with van der Waals surface area (Å²) in [4.78, 5) is 42.7. The Morgan fingerprint density at radius 3 is 2.79 bits per heavy atom. The molecule has 176 valence electrons. The van der Waals surface area contributed by atoms with E-state index in [2.05, 4.69) is 14.9 Å². The van der Waals surface area contributed by atoms with Gasteiger partial charge in [0.05, 0.1) is 12.1 Å². The van der Waals surface area contributed by atoms with Gasteiger partial charge in [0.15, 0.2) is 11.2 Å². The van der Waals surface area contributed by atoms with Gasteiger partial charge in [-0.25, -0.2) is 14.8 Å². The second-order valence-corrected chi connectivity index (χ2v) is 8.69. The number of anilines is 1. The number of fused-ring (bicyclic) bond motifs is 2. The summed E-state index contributed by atoms with van der Waals surface area (Å²) in [7, 11) is 1.64. The summed E-state index contributed by atoms with van der Waals surface area (Å²) in [5.41, 5.74) is 6.87. The molecule has 0 amide bonds. The molecule has 1 fully saturated rings. The van der Waals surface area contributed by atoms with E-state index in [1.54, 1.807) is 13.2 Å². The third-order valence-corrected chi connectivity index (χ3v) is 6.32. The Morgan fingerprint density at radius 2 is 2.00 bits per heavy atom. The van der Waals surface area contributed by atoms with Crippen molar-refractivity contribution in [3.63, 3.8) is 0 Å². The fourth-order valence-electron chi connectivity index (χ4n) is 4.54. The molecular weight excluding hydrogens is 432 g/mol. The van der Waals surface area contributed by atoms with Gasteiger partial charge < -0.3 is 15.2 Å². The number of para-hydroxylation sites is 1. The van der Waals surface area contributed by atoms with E-state index in [1.807, 2.05) is 47.9 Å². The fraction of sp³-hybridized carbons (Fsp3) is 0.375. The van der Waals surface area contributed by atoms with Gasteiger partial charge in [-0.1, -0.05) is 30.4 Å². The zero-order valence-corrected chi connectivity index (χ0v) is 19.4. The van der Waals surface area contributed by atoms with Crippen LogP contribution in [-0.2, 0) is 20.1 Å². The predicted octanol–water partition coefficient (Wildman–Crippen LogP) is 1.39. The van der Waals surface area contributed by atoms with Crippen LogP contribution in [0, 0.1) is 0 Å². The van der Waals surface area contributed by atoms with Crippen LogP contribution in [0.15, 0.2) is 52.2 Å². The summed E-state index contributed by atoms with van der Waals surface area (Å²) in [6.45, 7) is 3.84. The van der Waals surface area contributed by atoms with E-state index in [9.17, 15) is 9.59 Å². The highest BCUT2D eigenvalue weighted by Gasteiger charge is 2.26. The number of benzene rings is 1. The standard InChI is InChI=1S/C24H28N8O2/c1-3-4-12-31-20-21(28-23(31)30-11-7-9-17(25)14-30)29(2)24(34)32(22(20)33)15-19-26-13-16-8-5-6-10-18(16)27-19/h3-6,8,10,13,17H,7,9,11-12,14-15,25H2,1-2H3/b4-3+/t17-/m0/s1. The van der Waals surface area contributed by atoms with Crippen LogP contribution >= 0.6 is 0 Å². The molecule has 10 heteroatoms. The maximum Gasteiger partial charge on any atom is 0.332 e. The van der Waals surface area contributed by atoms with Crippen molar-refractivity contribution in [1.82, 2.24) is 28.7 Å². The maximum atomic E-state index is 13.7. The van der Waals surface area contributed by atoms with Gasteiger partial charge >= 0.3 is 5.69 Å². The molecule has 2 N–H and O–H groups in total. The summed E-state index contributed by atoms with van der Waals surface area (Å²) in [6.07, 6.45) is 7.52. The number of allylic oxidation sites excluding steroid dienone is 2. The van der Waals surface area contributed by atoms with Crippen molar-refractivity contribution in [2.24, 2.45) is 12.8 Å². The Balaban J connectivity index is 1.67. The summed E-state index contributed by atoms with van der Waals surface area (Å²) in [5, 5.41) is 0.899. The highest BCUT2D eigenvalue weighted by molar-refractivity contribution is 5.77. The van der Waals surface area contributed by atoms with Gasteiger partial charge in [0, 0.05) is 44.3 Å². The van der Waals surface area contributed by atoms with Crippen molar-refractivity contribution in [2.75, 3.05) is 18.0 Å². The average molecular weight is 461 g/mol. The molecule has 5 rings (SSSR count). The maximum absolute atomic E-state index is 13.7. The van der Waals surface area contributed by atoms with E-state index in [-0.39, 0.29) is 12.6 Å². The third-order valence-electron chi connectivity index (χ3n) is 6.32. The van der Waals surface area contributed by atoms with Gasteiger partial charge in [0.2, 0.25) is 5.95 Å². The largest absolute Gasteiger partial charge is 0.341 e. The smallest absolute Gasteiger partial charge is 0.332 e. The van der Waals surface area contributed by atoms with E-state index in [1.165, 1.54) is 9.13 Å². The van der Waals surface area contributed by atoms with E-state index in [0.29, 0.717) is 36.0 Å². The number of nitrogens with zero attached hydrogens (tertiary/aromatic N) is 7. The highest BCUT2D eigenvalue weighted by atomic mass is 16.2. The Bertz CT molecular complexity index is 1510. The van der Waals surface area contributed by atoms with Gasteiger partial charge in [-0.05, 0) is 25.8 Å². The molecule has 10 nitrogen and oxygen atoms in total. The number of nitrogens with two attached hydrogens (primary N) is 1. The molecule has 4 aromatic rings. The van der Waals surface area contributed by atoms with Gasteiger partial charge in [-0.3, -0.25) is 13.9 Å². The molecule has 0 saturated carbocycles. The van der Waals surface area contributed by atoms with Crippen LogP contribution in [0.5, 0.6) is 0 Å². The van der Waals surface area contributed by atoms with Crippen LogP contribution in [0.3, 0.4) is 0 Å². The van der Waals surface area contributed by atoms with Crippen molar-refractivity contribution in [2.45, 2.75) is 38.9 Å². The Kier molecular flexibility index (Phi) is 5.74. The molecule has 0 radical (unpaired) electrons. The lowest BCUT2D eigenvalue weighted by Gasteiger charge is -2.31. The number of aromatic nitrogens is 6. The first kappa shape index (κ1) is 22.0. The second-order valence-electron chi connectivity index (χ2n) is 8.69. The van der Waals surface area contributed by atoms with E-state index < -0.39 is 11.2 Å². The number of piperidine rings is 1. The van der Waals surface area contributed by atoms with Gasteiger partial charge in [0.1, 0.15) is 5.82 Å². The molecule has 1 saturated heterocycles. The molecule has 0 spiro atoms. The molecule has 34 heavy (non-hydrogen) atoms. The van der Waals surface area contributed by atoms with Gasteiger partial charge in [-0.2, -0.15) is 4.98 Å². The zero-order valence-electron chi connectivity index (χ0n) is 19.4. The highest BCUT2D eigenvalue weighted by Crippen LogP contribution is 2.23. The molecule has 1 aliphatic rings. The minimum atomic E-state index is -0.452. The normalized spacial score (nSPS) is 16.8. The van der Waals surface area contributed by atoms with Crippen LogP contribution in [-0.4, -0.2) is 47.8 Å². The van der Waals surface area contributed by atoms with Gasteiger partial charge in [-0.15, -0.1) is 0 Å². The minimum Gasteiger partial charge on any atom is -0.341 e. The SMILES string of the molecule is C/C=C/Cn1c(N2CCC[C@H](N)C2)nc2c1c(=O)n(Cc1ncc3ccccc3n1)c(=O)n2C. The van der Waals surface area contributed by atoms with Crippen LogP contribution in [0.2, 0.25) is 0 Å². The van der Waals surface area contributed by atoms with Crippen LogP contribution in [0.1, 0.15) is 25.6 Å². The van der Waals surface area contributed by atoms with Crippen molar-refractivity contribution in [3.05, 3.63) is 69.3 Å². The second kappa shape index (κ2) is 8.86. The summed E-state index contributed by atoms with van der Waals surface area (Å²) in [5.74, 6) is 1.06. The topological polar surface area (TPSA) is 117 Å². The van der Waals surface area contributed by atoms with Gasteiger partial charge in [0.25, 0.3) is 5.56 Å². The molecule has 3 aromatic heterocycles. The van der Waals surface area contributed by atoms with Crippen LogP contribution < -0.4 is 21.9 Å². The molecule has 0 unspecified atom stereocenters. The average Bonchev–Trinajstić information content (AvgIpc) is 3.23. The van der Waals surface area contributed by atoms with Crippen molar-refractivity contribution >= 4 is 28.0 Å². The van der Waals surface area contributed by atoms with E-state index >= 15 is 0 Å². The lowest BCUT2D eigenvalue weighted by atomic mass is 10.1. The first-order valence-corrected chi connectivity index (χ1v) is 11.5. The summed E-state index contributed by atoms with van der Waals surface area (Å²) < 4.78 is 4.50. The fourth-order valence-corrected chi connectivity index (χ4v) is 4.54. The Hall–Kier alpha value is -3.79. The molecule has 1 aliphatic heterocycles. The summed E-state index contributed by atoms with van der Waals surface area (Å²) >= 11 is 0. The van der Waals surface area contributed by atoms with Crippen LogP contribution in [0.4, 0.5) is 5.95 Å². The quantitative estimate of drug-likeness (QED) is 0.447. The number of hydrogen-bond donors (Lipinski definition) is 1. The van der Waals surface area contributed by atoms with E-state index in [4.69, 9.17) is 10.7 Å². The molecule has 4 heterocycles. The molecule has 0 aliphatic carbocycles. The molecular formula is C24H28N8O2. The first-order chi connectivity index (χ1) is 16.5. The zero-order chi connectivity index (χ0) is 23.8. The molecule has 1 aromatic carbocycles. The number of imidazole rings is 1. The van der Waals surface area contributed by atoms with E-state index in [0.717, 1.165) is 30.3 Å². The number of hydrogen-bond acceptors (Lipinski definition) is 7. The number of rotatable bonds is 5. The monoisotopic (exact) mass is 460 g/mol. The van der Waals surface area contributed by atoms with Crippen molar-refractivity contribution < 1.29 is 0 Å². The van der Waals surface area contributed by atoms with Crippen LogP contribution in [0.25, 0.3) is 22.1 Å². The van der Waals surface area contributed by atoms with Crippen molar-refractivity contribution in [1.29, 1.82) is 0 Å². The molecule has 0 bridgehead atoms. The summed E-state index contributed by atoms with van der Waals surface area (Å²) in [6, 6.07) is 7.66. The predicted molar refractivity (Wildman–Crippen MR) is 132 cm³/mol. The van der Waals surface area contributed by atoms with Crippen molar-refractivity contribution in [3.8, 4) is 0 Å². The number of aryl methyl sites for hydroxylation is 1. The molecule has 1 atom stereocenters. The lowest BCUT2D eigenvalue weighted by molar-refractivity contribution is 0.495. The Morgan fingerprint density at radius 1 is 1.18 bits per heavy atom. The third kappa shape index (κ3) is 3.79. The first-order valence-electron chi connectivity index (χ1n) is 11.5.